The van der Waals surface area contributed by atoms with E-state index >= 15 is 0 Å². The van der Waals surface area contributed by atoms with Gasteiger partial charge in [0.2, 0.25) is 0 Å². The van der Waals surface area contributed by atoms with Crippen LogP contribution in [0.2, 0.25) is 0 Å². The smallest absolute Gasteiger partial charge is 0.259 e. The minimum atomic E-state index is -0.0690. The van der Waals surface area contributed by atoms with Crippen molar-refractivity contribution in [3.8, 4) is 5.75 Å². The number of nitrogens with one attached hydrogen (secondary N) is 2. The van der Waals surface area contributed by atoms with Gasteiger partial charge in [-0.1, -0.05) is 43.3 Å². The number of amides is 1. The van der Waals surface area contributed by atoms with Crippen molar-refractivity contribution in [2.45, 2.75) is 26.4 Å². The van der Waals surface area contributed by atoms with Crippen molar-refractivity contribution in [3.63, 3.8) is 0 Å². The van der Waals surface area contributed by atoms with Crippen LogP contribution < -0.4 is 15.4 Å². The number of benzene rings is 2. The zero-order valence-corrected chi connectivity index (χ0v) is 17.2. The Balaban J connectivity index is 1.87. The second kappa shape index (κ2) is 11.0. The average Bonchev–Trinajstić information content (AvgIpc) is 2.72. The van der Waals surface area contributed by atoms with Crippen LogP contribution in [0, 0.1) is 0 Å². The zero-order chi connectivity index (χ0) is 20.4. The maximum absolute atomic E-state index is 11.7. The van der Waals surface area contributed by atoms with E-state index in [1.54, 1.807) is 21.1 Å². The van der Waals surface area contributed by atoms with Crippen molar-refractivity contribution < 1.29 is 9.53 Å². The number of ether oxygens (including phenoxy) is 1. The Morgan fingerprint density at radius 1 is 1.04 bits per heavy atom. The van der Waals surface area contributed by atoms with Crippen LogP contribution in [0.4, 0.5) is 0 Å². The Kier molecular flexibility index (Phi) is 8.34. The van der Waals surface area contributed by atoms with Gasteiger partial charge in [0, 0.05) is 34.2 Å². The third-order valence-corrected chi connectivity index (χ3v) is 4.39. The largest absolute Gasteiger partial charge is 0.484 e. The van der Waals surface area contributed by atoms with E-state index in [0.717, 1.165) is 24.5 Å². The third kappa shape index (κ3) is 6.61. The normalized spacial score (nSPS) is 11.1. The van der Waals surface area contributed by atoms with Crippen molar-refractivity contribution in [3.05, 3.63) is 65.2 Å². The summed E-state index contributed by atoms with van der Waals surface area (Å²) in [5.41, 5.74) is 3.66. The SMILES string of the molecule is CCc1ccccc1CNC(=NC)NCc1cccc(OCC(=O)N(C)C)c1. The summed E-state index contributed by atoms with van der Waals surface area (Å²) >= 11 is 0. The molecular weight excluding hydrogens is 352 g/mol. The fraction of sp³-hybridized carbons (Fsp3) is 0.364. The molecule has 0 heterocycles. The maximum atomic E-state index is 11.7. The molecule has 150 valence electrons. The Bertz CT molecular complexity index is 803. The van der Waals surface area contributed by atoms with E-state index in [9.17, 15) is 4.79 Å². The molecule has 0 aliphatic carbocycles. The molecule has 0 fully saturated rings. The van der Waals surface area contributed by atoms with Gasteiger partial charge in [-0.3, -0.25) is 9.79 Å². The number of nitrogens with zero attached hydrogens (tertiary/aromatic N) is 2. The standard InChI is InChI=1S/C22H30N4O2/c1-5-18-10-6-7-11-19(18)15-25-22(23-2)24-14-17-9-8-12-20(13-17)28-16-21(27)26(3)4/h6-13H,5,14-16H2,1-4H3,(H2,23,24,25). The molecule has 28 heavy (non-hydrogen) atoms. The van der Waals surface area contributed by atoms with Crippen LogP contribution in [0.5, 0.6) is 5.75 Å². The topological polar surface area (TPSA) is 66.0 Å². The van der Waals surface area contributed by atoms with Crippen molar-refractivity contribution in [2.75, 3.05) is 27.7 Å². The lowest BCUT2D eigenvalue weighted by atomic mass is 10.1. The van der Waals surface area contributed by atoms with Gasteiger partial charge in [0.15, 0.2) is 12.6 Å². The number of aliphatic imine (C=N–C) groups is 1. The molecule has 0 atom stereocenters. The van der Waals surface area contributed by atoms with Gasteiger partial charge in [-0.05, 0) is 35.2 Å². The van der Waals surface area contributed by atoms with E-state index in [-0.39, 0.29) is 12.5 Å². The highest BCUT2D eigenvalue weighted by Gasteiger charge is 2.06. The number of rotatable bonds is 8. The van der Waals surface area contributed by atoms with Gasteiger partial charge in [0.25, 0.3) is 5.91 Å². The van der Waals surface area contributed by atoms with Crippen LogP contribution in [0.3, 0.4) is 0 Å². The second-order valence-corrected chi connectivity index (χ2v) is 6.63. The molecular formula is C22H30N4O2. The molecule has 0 bridgehead atoms. The molecule has 0 aliphatic heterocycles. The van der Waals surface area contributed by atoms with Crippen molar-refractivity contribution in [2.24, 2.45) is 4.99 Å². The first-order chi connectivity index (χ1) is 13.5. The number of carbonyl (C=O) groups excluding carboxylic acids is 1. The van der Waals surface area contributed by atoms with Gasteiger partial charge in [-0.25, -0.2) is 0 Å². The van der Waals surface area contributed by atoms with Crippen LogP contribution >= 0.6 is 0 Å². The first-order valence-electron chi connectivity index (χ1n) is 9.46. The third-order valence-electron chi connectivity index (χ3n) is 4.39. The average molecular weight is 383 g/mol. The quantitative estimate of drug-likeness (QED) is 0.544. The summed E-state index contributed by atoms with van der Waals surface area (Å²) in [5.74, 6) is 1.34. The van der Waals surface area contributed by atoms with E-state index in [4.69, 9.17) is 4.74 Å². The molecule has 2 rings (SSSR count). The lowest BCUT2D eigenvalue weighted by molar-refractivity contribution is -0.130. The summed E-state index contributed by atoms with van der Waals surface area (Å²) < 4.78 is 5.57. The molecule has 0 aromatic heterocycles. The Morgan fingerprint density at radius 2 is 1.75 bits per heavy atom. The molecule has 1 amide bonds. The fourth-order valence-electron chi connectivity index (χ4n) is 2.68. The summed E-state index contributed by atoms with van der Waals surface area (Å²) in [6.45, 7) is 3.52. The Morgan fingerprint density at radius 3 is 2.43 bits per heavy atom. The minimum absolute atomic E-state index is 0.0317. The van der Waals surface area contributed by atoms with E-state index in [0.29, 0.717) is 12.3 Å². The first kappa shape index (κ1) is 21.3. The molecule has 0 spiro atoms. The molecule has 0 saturated carbocycles. The monoisotopic (exact) mass is 382 g/mol. The summed E-state index contributed by atoms with van der Waals surface area (Å²) in [7, 11) is 5.18. The molecule has 6 nitrogen and oxygen atoms in total. The molecule has 2 aromatic carbocycles. The van der Waals surface area contributed by atoms with Gasteiger partial charge in [-0.2, -0.15) is 0 Å². The molecule has 0 aliphatic rings. The molecule has 0 unspecified atom stereocenters. The number of likely N-dealkylation sites (N-methyl/N-ethyl adjacent to an activating group) is 1. The lowest BCUT2D eigenvalue weighted by Gasteiger charge is -2.15. The highest BCUT2D eigenvalue weighted by Crippen LogP contribution is 2.13. The Labute approximate surface area is 167 Å². The molecule has 2 N–H and O–H groups in total. The summed E-state index contributed by atoms with van der Waals surface area (Å²) in [6.07, 6.45) is 1.01. The van der Waals surface area contributed by atoms with Crippen LogP contribution in [0.15, 0.2) is 53.5 Å². The number of hydrogen-bond acceptors (Lipinski definition) is 3. The molecule has 6 heteroatoms. The number of carbonyl (C=O) groups is 1. The molecule has 0 radical (unpaired) electrons. The zero-order valence-electron chi connectivity index (χ0n) is 17.2. The van der Waals surface area contributed by atoms with Gasteiger partial charge >= 0.3 is 0 Å². The van der Waals surface area contributed by atoms with E-state index in [1.165, 1.54) is 16.0 Å². The van der Waals surface area contributed by atoms with Crippen LogP contribution in [-0.4, -0.2) is 44.5 Å². The van der Waals surface area contributed by atoms with Gasteiger partial charge < -0.3 is 20.3 Å². The maximum Gasteiger partial charge on any atom is 0.259 e. The van der Waals surface area contributed by atoms with Gasteiger partial charge in [-0.15, -0.1) is 0 Å². The number of hydrogen-bond donors (Lipinski definition) is 2. The second-order valence-electron chi connectivity index (χ2n) is 6.63. The summed E-state index contributed by atoms with van der Waals surface area (Å²) in [5, 5.41) is 6.67. The number of guanidine groups is 1. The number of aryl methyl sites for hydroxylation is 1. The van der Waals surface area contributed by atoms with Crippen molar-refractivity contribution in [1.82, 2.24) is 15.5 Å². The van der Waals surface area contributed by atoms with Crippen molar-refractivity contribution in [1.29, 1.82) is 0 Å². The van der Waals surface area contributed by atoms with Crippen LogP contribution in [-0.2, 0) is 24.3 Å². The van der Waals surface area contributed by atoms with Crippen LogP contribution in [0.1, 0.15) is 23.6 Å². The minimum Gasteiger partial charge on any atom is -0.484 e. The predicted molar refractivity (Wildman–Crippen MR) is 113 cm³/mol. The summed E-state index contributed by atoms with van der Waals surface area (Å²) in [4.78, 5) is 17.5. The van der Waals surface area contributed by atoms with E-state index in [1.807, 2.05) is 24.3 Å². The highest BCUT2D eigenvalue weighted by molar-refractivity contribution is 5.79. The van der Waals surface area contributed by atoms with Crippen molar-refractivity contribution >= 4 is 11.9 Å². The highest BCUT2D eigenvalue weighted by atomic mass is 16.5. The van der Waals surface area contributed by atoms with Crippen LogP contribution in [0.25, 0.3) is 0 Å². The van der Waals surface area contributed by atoms with E-state index in [2.05, 4.69) is 46.8 Å². The first-order valence-corrected chi connectivity index (χ1v) is 9.46. The summed E-state index contributed by atoms with van der Waals surface area (Å²) in [6, 6.07) is 16.1. The lowest BCUT2D eigenvalue weighted by Crippen LogP contribution is -2.36. The van der Waals surface area contributed by atoms with Gasteiger partial charge in [0.05, 0.1) is 0 Å². The molecule has 0 saturated heterocycles. The van der Waals surface area contributed by atoms with E-state index < -0.39 is 0 Å². The predicted octanol–water partition coefficient (Wildman–Crippen LogP) is 2.58. The fourth-order valence-corrected chi connectivity index (χ4v) is 2.68. The Hall–Kier alpha value is -3.02. The van der Waals surface area contributed by atoms with Gasteiger partial charge in [0.1, 0.15) is 5.75 Å². The molecule has 2 aromatic rings.